The van der Waals surface area contributed by atoms with Crippen LogP contribution in [0, 0.1) is 0 Å². The number of carbonyl (C=O) groups excluding carboxylic acids is 2. The number of rotatable bonds is 11. The van der Waals surface area contributed by atoms with Gasteiger partial charge in [0, 0.05) is 11.6 Å². The Kier molecular flexibility index (Phi) is 8.00. The molecule has 2 aromatic rings. The Hall–Kier alpha value is -4.74. The summed E-state index contributed by atoms with van der Waals surface area (Å²) >= 11 is 0. The van der Waals surface area contributed by atoms with Gasteiger partial charge in [-0.25, -0.2) is 4.79 Å². The number of ketones is 1. The summed E-state index contributed by atoms with van der Waals surface area (Å²) in [7, 11) is 4.39. The van der Waals surface area contributed by atoms with Crippen molar-refractivity contribution >= 4 is 29.7 Å². The number of aliphatic carboxylic acids is 2. The molecule has 2 aromatic carbocycles. The molecule has 0 aromatic heterocycles. The number of nitrogens with one attached hydrogen (secondary N) is 1. The smallest absolute Gasteiger partial charge is 0.326 e. The Labute approximate surface area is 205 Å². The normalized spacial score (nSPS) is 13.9. The predicted molar refractivity (Wildman–Crippen MR) is 123 cm³/mol. The summed E-state index contributed by atoms with van der Waals surface area (Å²) in [5.41, 5.74) is 0.777. The molecule has 12 nitrogen and oxygen atoms in total. The molecular weight excluding hydrogens is 478 g/mol. The zero-order valence-electron chi connectivity index (χ0n) is 19.5. The molecule has 3 rings (SSSR count). The van der Waals surface area contributed by atoms with E-state index in [4.69, 9.17) is 33.9 Å². The highest BCUT2D eigenvalue weighted by Gasteiger charge is 2.29. The molecule has 190 valence electrons. The number of ether oxygens (including phenoxy) is 5. The van der Waals surface area contributed by atoms with E-state index < -0.39 is 36.9 Å². The van der Waals surface area contributed by atoms with Gasteiger partial charge in [0.1, 0.15) is 17.5 Å². The topological polar surface area (TPSA) is 167 Å². The molecule has 0 aliphatic carbocycles. The fourth-order valence-electron chi connectivity index (χ4n) is 3.40. The number of carbonyl (C=O) groups is 4. The van der Waals surface area contributed by atoms with Gasteiger partial charge in [0.25, 0.3) is 5.91 Å². The summed E-state index contributed by atoms with van der Waals surface area (Å²) in [6.07, 6.45) is 0.710. The number of benzene rings is 2. The molecule has 1 amide bonds. The number of amides is 1. The third-order valence-corrected chi connectivity index (χ3v) is 5.04. The van der Waals surface area contributed by atoms with Gasteiger partial charge in [0.2, 0.25) is 11.5 Å². The Balaban J connectivity index is 1.74. The first kappa shape index (κ1) is 25.9. The number of hydrogen-bond donors (Lipinski definition) is 3. The molecule has 0 radical (unpaired) electrons. The molecule has 1 atom stereocenters. The highest BCUT2D eigenvalue weighted by molar-refractivity contribution is 6.14. The van der Waals surface area contributed by atoms with E-state index in [0.29, 0.717) is 22.8 Å². The monoisotopic (exact) mass is 501 g/mol. The van der Waals surface area contributed by atoms with Gasteiger partial charge < -0.3 is 39.2 Å². The summed E-state index contributed by atoms with van der Waals surface area (Å²) < 4.78 is 27.1. The fourth-order valence-corrected chi connectivity index (χ4v) is 3.40. The van der Waals surface area contributed by atoms with Gasteiger partial charge in [0.15, 0.2) is 23.9 Å². The van der Waals surface area contributed by atoms with Crippen molar-refractivity contribution in [2.75, 3.05) is 27.9 Å². The SMILES string of the molecule is COc1ccc(C=C2Oc3cc(OCC(=O)N[C@@H](CC(=O)O)C(=O)O)ccc3C2=O)c(OC)c1OC. The number of hydrogen-bond acceptors (Lipinski definition) is 9. The third kappa shape index (κ3) is 5.66. The predicted octanol–water partition coefficient (Wildman–Crippen LogP) is 1.75. The van der Waals surface area contributed by atoms with Gasteiger partial charge in [-0.15, -0.1) is 0 Å². The Morgan fingerprint density at radius 3 is 2.36 bits per heavy atom. The van der Waals surface area contributed by atoms with E-state index >= 15 is 0 Å². The van der Waals surface area contributed by atoms with Crippen molar-refractivity contribution < 1.29 is 53.1 Å². The van der Waals surface area contributed by atoms with E-state index in [1.165, 1.54) is 45.6 Å². The second-order valence-electron chi connectivity index (χ2n) is 7.37. The summed E-state index contributed by atoms with van der Waals surface area (Å²) in [4.78, 5) is 46.6. The second kappa shape index (κ2) is 11.1. The molecule has 0 saturated carbocycles. The van der Waals surface area contributed by atoms with Crippen LogP contribution in [-0.2, 0) is 14.4 Å². The molecule has 36 heavy (non-hydrogen) atoms. The Morgan fingerprint density at radius 1 is 1.03 bits per heavy atom. The number of fused-ring (bicyclic) bond motifs is 1. The third-order valence-electron chi connectivity index (χ3n) is 5.04. The fraction of sp³-hybridized carbons (Fsp3) is 0.250. The lowest BCUT2D eigenvalue weighted by atomic mass is 10.1. The lowest BCUT2D eigenvalue weighted by Crippen LogP contribution is -2.44. The molecule has 1 heterocycles. The van der Waals surface area contributed by atoms with Crippen molar-refractivity contribution in [1.29, 1.82) is 0 Å². The minimum Gasteiger partial charge on any atom is -0.493 e. The number of carboxylic acid groups (broad SMARTS) is 2. The molecule has 1 aliphatic rings. The first-order valence-corrected chi connectivity index (χ1v) is 10.4. The van der Waals surface area contributed by atoms with Crippen LogP contribution in [0.3, 0.4) is 0 Å². The average Bonchev–Trinajstić information content (AvgIpc) is 3.15. The lowest BCUT2D eigenvalue weighted by Gasteiger charge is -2.14. The van der Waals surface area contributed by atoms with Crippen LogP contribution in [0.25, 0.3) is 6.08 Å². The van der Waals surface area contributed by atoms with E-state index in [1.54, 1.807) is 12.1 Å². The standard InChI is InChI=1S/C24H23NO11/c1-32-16-7-4-12(22(33-2)23(16)34-3)8-18-21(29)14-6-5-13(9-17(14)36-18)35-11-19(26)25-15(24(30)31)10-20(27)28/h4-9,15H,10-11H2,1-3H3,(H,25,26)(H,27,28)(H,30,31)/t15-/m0/s1. The maximum Gasteiger partial charge on any atom is 0.326 e. The zero-order chi connectivity index (χ0) is 26.4. The van der Waals surface area contributed by atoms with Gasteiger partial charge in [-0.1, -0.05) is 0 Å². The summed E-state index contributed by atoms with van der Waals surface area (Å²) in [6.45, 7) is -0.582. The molecule has 0 spiro atoms. The van der Waals surface area contributed by atoms with E-state index in [1.807, 2.05) is 0 Å². The van der Waals surface area contributed by atoms with Crippen LogP contribution in [0.15, 0.2) is 36.1 Å². The molecular formula is C24H23NO11. The first-order chi connectivity index (χ1) is 17.2. The van der Waals surface area contributed by atoms with E-state index in [2.05, 4.69) is 5.32 Å². The molecule has 0 bridgehead atoms. The van der Waals surface area contributed by atoms with Crippen molar-refractivity contribution in [3.05, 3.63) is 47.2 Å². The van der Waals surface area contributed by atoms with Gasteiger partial charge in [-0.2, -0.15) is 0 Å². The highest BCUT2D eigenvalue weighted by Crippen LogP contribution is 2.42. The molecule has 0 saturated heterocycles. The minimum atomic E-state index is -1.60. The van der Waals surface area contributed by atoms with Crippen LogP contribution in [0.4, 0.5) is 0 Å². The zero-order valence-corrected chi connectivity index (χ0v) is 19.5. The van der Waals surface area contributed by atoms with Gasteiger partial charge >= 0.3 is 11.9 Å². The number of carboxylic acids is 2. The second-order valence-corrected chi connectivity index (χ2v) is 7.37. The van der Waals surface area contributed by atoms with Crippen LogP contribution >= 0.6 is 0 Å². The van der Waals surface area contributed by atoms with Crippen molar-refractivity contribution in [2.45, 2.75) is 12.5 Å². The minimum absolute atomic E-state index is 0.0170. The summed E-state index contributed by atoms with van der Waals surface area (Å²) in [5.74, 6) is -2.56. The maximum atomic E-state index is 12.8. The lowest BCUT2D eigenvalue weighted by molar-refractivity contribution is -0.147. The van der Waals surface area contributed by atoms with Gasteiger partial charge in [0.05, 0.1) is 33.3 Å². The van der Waals surface area contributed by atoms with Crippen molar-refractivity contribution in [1.82, 2.24) is 5.32 Å². The van der Waals surface area contributed by atoms with Crippen LogP contribution in [0.2, 0.25) is 0 Å². The van der Waals surface area contributed by atoms with Crippen LogP contribution in [0.1, 0.15) is 22.3 Å². The van der Waals surface area contributed by atoms with Crippen LogP contribution < -0.4 is 29.0 Å². The van der Waals surface area contributed by atoms with Gasteiger partial charge in [-0.05, 0) is 30.3 Å². The quantitative estimate of drug-likeness (QED) is 0.384. The van der Waals surface area contributed by atoms with Crippen LogP contribution in [-0.4, -0.2) is 67.8 Å². The average molecular weight is 501 g/mol. The summed E-state index contributed by atoms with van der Waals surface area (Å²) in [5, 5.41) is 19.8. The molecule has 0 unspecified atom stereocenters. The Morgan fingerprint density at radius 2 is 1.75 bits per heavy atom. The van der Waals surface area contributed by atoms with Crippen molar-refractivity contribution in [3.63, 3.8) is 0 Å². The molecule has 12 heteroatoms. The van der Waals surface area contributed by atoms with Crippen molar-refractivity contribution in [2.24, 2.45) is 0 Å². The number of Topliss-reactive ketones (excluding diaryl/α,β-unsaturated/α-hetero) is 1. The number of methoxy groups -OCH3 is 3. The Bertz CT molecular complexity index is 1230. The van der Waals surface area contributed by atoms with E-state index in [0.717, 1.165) is 0 Å². The van der Waals surface area contributed by atoms with E-state index in [-0.39, 0.29) is 28.6 Å². The summed E-state index contributed by atoms with van der Waals surface area (Å²) in [6, 6.07) is 6.04. The van der Waals surface area contributed by atoms with Crippen LogP contribution in [0.5, 0.6) is 28.7 Å². The van der Waals surface area contributed by atoms with Crippen molar-refractivity contribution in [3.8, 4) is 28.7 Å². The molecule has 1 aliphatic heterocycles. The van der Waals surface area contributed by atoms with E-state index in [9.17, 15) is 19.2 Å². The van der Waals surface area contributed by atoms with Gasteiger partial charge in [-0.3, -0.25) is 14.4 Å². The molecule has 0 fully saturated rings. The highest BCUT2D eigenvalue weighted by atomic mass is 16.5. The molecule has 3 N–H and O–H groups in total. The number of allylic oxidation sites excluding steroid dienone is 1. The maximum absolute atomic E-state index is 12.8. The largest absolute Gasteiger partial charge is 0.493 e. The first-order valence-electron chi connectivity index (χ1n) is 10.4.